The molecule has 0 amide bonds. The molecule has 1 heterocycles. The zero-order chi connectivity index (χ0) is 15.4. The molecule has 5 heteroatoms. The van der Waals surface area contributed by atoms with Gasteiger partial charge < -0.3 is 15.8 Å². The van der Waals surface area contributed by atoms with Crippen molar-refractivity contribution < 1.29 is 9.13 Å². The number of hydrogen-bond acceptors (Lipinski definition) is 4. The second kappa shape index (κ2) is 6.43. The Hall–Kier alpha value is -2.30. The van der Waals surface area contributed by atoms with Gasteiger partial charge in [0, 0.05) is 18.3 Å². The molecule has 0 spiro atoms. The topological polar surface area (TPSA) is 60.2 Å². The molecule has 0 fully saturated rings. The predicted molar refractivity (Wildman–Crippen MR) is 82.9 cm³/mol. The average Bonchev–Trinajstić information content (AvgIpc) is 2.42. The van der Waals surface area contributed by atoms with Crippen molar-refractivity contribution in [2.24, 2.45) is 0 Å². The van der Waals surface area contributed by atoms with Crippen LogP contribution in [0.2, 0.25) is 0 Å². The summed E-state index contributed by atoms with van der Waals surface area (Å²) in [5, 5.41) is 3.20. The van der Waals surface area contributed by atoms with Crippen LogP contribution in [0.25, 0.3) is 0 Å². The van der Waals surface area contributed by atoms with Crippen LogP contribution < -0.4 is 15.8 Å². The number of halogens is 1. The van der Waals surface area contributed by atoms with Crippen molar-refractivity contribution in [3.05, 3.63) is 47.4 Å². The molecule has 0 atom stereocenters. The molecule has 0 radical (unpaired) electrons. The van der Waals surface area contributed by atoms with Crippen LogP contribution in [0, 0.1) is 12.7 Å². The number of hydrogen-bond donors (Lipinski definition) is 2. The lowest BCUT2D eigenvalue weighted by Gasteiger charge is -2.15. The van der Waals surface area contributed by atoms with Crippen LogP contribution in [0.15, 0.2) is 30.5 Å². The molecule has 112 valence electrons. The lowest BCUT2D eigenvalue weighted by molar-refractivity contribution is 0.230. The summed E-state index contributed by atoms with van der Waals surface area (Å²) in [5.41, 5.74) is 8.38. The Bertz CT molecular complexity index is 629. The minimum absolute atomic E-state index is 0.0526. The molecule has 0 saturated heterocycles. The summed E-state index contributed by atoms with van der Waals surface area (Å²) in [6.07, 6.45) is 1.74. The van der Waals surface area contributed by atoms with Crippen molar-refractivity contribution in [1.29, 1.82) is 0 Å². The fourth-order valence-electron chi connectivity index (χ4n) is 1.93. The van der Waals surface area contributed by atoms with Gasteiger partial charge in [-0.3, -0.25) is 0 Å². The van der Waals surface area contributed by atoms with Crippen LogP contribution in [-0.4, -0.2) is 11.1 Å². The predicted octanol–water partition coefficient (Wildman–Crippen LogP) is 3.51. The third kappa shape index (κ3) is 3.84. The summed E-state index contributed by atoms with van der Waals surface area (Å²) in [4.78, 5) is 4.23. The number of nitrogens with one attached hydrogen (secondary N) is 1. The molecule has 2 rings (SSSR count). The van der Waals surface area contributed by atoms with Crippen LogP contribution in [-0.2, 0) is 6.54 Å². The average molecular weight is 289 g/mol. The monoisotopic (exact) mass is 289 g/mol. The van der Waals surface area contributed by atoms with Crippen LogP contribution in [0.4, 0.5) is 15.8 Å². The Labute approximate surface area is 124 Å². The molecule has 0 aliphatic heterocycles. The maximum atomic E-state index is 13.4. The largest absolute Gasteiger partial charge is 0.475 e. The number of nitrogens with zero attached hydrogens (tertiary/aromatic N) is 1. The summed E-state index contributed by atoms with van der Waals surface area (Å²) in [7, 11) is 0. The molecule has 1 aromatic carbocycles. The Morgan fingerprint density at radius 3 is 2.86 bits per heavy atom. The summed E-state index contributed by atoms with van der Waals surface area (Å²) < 4.78 is 19.1. The number of aromatic nitrogens is 1. The number of aryl methyl sites for hydroxylation is 1. The highest BCUT2D eigenvalue weighted by Crippen LogP contribution is 2.24. The van der Waals surface area contributed by atoms with E-state index in [9.17, 15) is 4.39 Å². The van der Waals surface area contributed by atoms with E-state index in [-0.39, 0.29) is 11.9 Å². The number of benzene rings is 1. The molecule has 0 aliphatic carbocycles. The summed E-state index contributed by atoms with van der Waals surface area (Å²) in [6, 6.07) is 6.81. The van der Waals surface area contributed by atoms with Gasteiger partial charge in [0.2, 0.25) is 5.88 Å². The third-order valence-corrected chi connectivity index (χ3v) is 3.00. The van der Waals surface area contributed by atoms with E-state index in [1.165, 1.54) is 6.07 Å². The molecule has 1 aromatic heterocycles. The van der Waals surface area contributed by atoms with E-state index in [0.717, 1.165) is 5.56 Å². The van der Waals surface area contributed by atoms with E-state index in [1.54, 1.807) is 19.2 Å². The van der Waals surface area contributed by atoms with Crippen molar-refractivity contribution in [1.82, 2.24) is 4.98 Å². The Kier molecular flexibility index (Phi) is 4.62. The quantitative estimate of drug-likeness (QED) is 0.827. The van der Waals surface area contributed by atoms with E-state index in [2.05, 4.69) is 10.3 Å². The highest BCUT2D eigenvalue weighted by atomic mass is 19.1. The molecule has 0 aliphatic rings. The van der Waals surface area contributed by atoms with Crippen molar-refractivity contribution in [2.45, 2.75) is 33.4 Å². The second-order valence-corrected chi connectivity index (χ2v) is 5.18. The second-order valence-electron chi connectivity index (χ2n) is 5.18. The van der Waals surface area contributed by atoms with Gasteiger partial charge in [-0.25, -0.2) is 9.37 Å². The van der Waals surface area contributed by atoms with Crippen molar-refractivity contribution in [2.75, 3.05) is 11.1 Å². The van der Waals surface area contributed by atoms with Crippen LogP contribution >= 0.6 is 0 Å². The Morgan fingerprint density at radius 2 is 2.14 bits per heavy atom. The van der Waals surface area contributed by atoms with Crippen LogP contribution in [0.1, 0.15) is 25.0 Å². The SMILES string of the molecule is Cc1cc(NCc2cccnc2OC(C)C)c(N)cc1F. The van der Waals surface area contributed by atoms with Crippen molar-refractivity contribution in [3.8, 4) is 5.88 Å². The van der Waals surface area contributed by atoms with E-state index < -0.39 is 0 Å². The van der Waals surface area contributed by atoms with Crippen molar-refractivity contribution in [3.63, 3.8) is 0 Å². The highest BCUT2D eigenvalue weighted by molar-refractivity contribution is 5.67. The minimum Gasteiger partial charge on any atom is -0.475 e. The van der Waals surface area contributed by atoms with Gasteiger partial charge in [0.25, 0.3) is 0 Å². The number of ether oxygens (including phenoxy) is 1. The Balaban J connectivity index is 2.15. The number of anilines is 2. The van der Waals surface area contributed by atoms with Gasteiger partial charge in [-0.2, -0.15) is 0 Å². The number of pyridine rings is 1. The molecule has 0 unspecified atom stereocenters. The lowest BCUT2D eigenvalue weighted by atomic mass is 10.1. The minimum atomic E-state index is -0.303. The molecule has 3 N–H and O–H groups in total. The standard InChI is InChI=1S/C16H20FN3O/c1-10(2)21-16-12(5-4-6-19-16)9-20-15-7-11(3)13(17)8-14(15)18/h4-8,10,20H,9,18H2,1-3H3. The number of nitrogens with two attached hydrogens (primary N) is 1. The number of rotatable bonds is 5. The van der Waals surface area contributed by atoms with Crippen LogP contribution in [0.3, 0.4) is 0 Å². The zero-order valence-electron chi connectivity index (χ0n) is 12.5. The molecular weight excluding hydrogens is 269 g/mol. The molecule has 4 nitrogen and oxygen atoms in total. The first kappa shape index (κ1) is 15.1. The first-order chi connectivity index (χ1) is 9.97. The lowest BCUT2D eigenvalue weighted by Crippen LogP contribution is -2.11. The van der Waals surface area contributed by atoms with E-state index in [0.29, 0.717) is 29.4 Å². The smallest absolute Gasteiger partial charge is 0.218 e. The van der Waals surface area contributed by atoms with E-state index in [1.807, 2.05) is 26.0 Å². The van der Waals surface area contributed by atoms with Crippen LogP contribution in [0.5, 0.6) is 5.88 Å². The molecule has 2 aromatic rings. The molecule has 0 bridgehead atoms. The molecule has 21 heavy (non-hydrogen) atoms. The summed E-state index contributed by atoms with van der Waals surface area (Å²) >= 11 is 0. The van der Waals surface area contributed by atoms with Gasteiger partial charge in [-0.15, -0.1) is 0 Å². The van der Waals surface area contributed by atoms with Gasteiger partial charge in [0.05, 0.1) is 17.5 Å². The van der Waals surface area contributed by atoms with Crippen molar-refractivity contribution >= 4 is 11.4 Å². The van der Waals surface area contributed by atoms with Gasteiger partial charge >= 0.3 is 0 Å². The molecular formula is C16H20FN3O. The Morgan fingerprint density at radius 1 is 1.38 bits per heavy atom. The van der Waals surface area contributed by atoms with Gasteiger partial charge in [-0.1, -0.05) is 6.07 Å². The maximum absolute atomic E-state index is 13.4. The third-order valence-electron chi connectivity index (χ3n) is 3.00. The van der Waals surface area contributed by atoms with E-state index >= 15 is 0 Å². The number of nitrogen functional groups attached to an aromatic ring is 1. The van der Waals surface area contributed by atoms with Gasteiger partial charge in [0.1, 0.15) is 5.82 Å². The first-order valence-corrected chi connectivity index (χ1v) is 6.87. The van der Waals surface area contributed by atoms with Gasteiger partial charge in [0.15, 0.2) is 0 Å². The zero-order valence-corrected chi connectivity index (χ0v) is 12.5. The molecule has 0 saturated carbocycles. The fraction of sp³-hybridized carbons (Fsp3) is 0.312. The van der Waals surface area contributed by atoms with Gasteiger partial charge in [-0.05, 0) is 44.5 Å². The maximum Gasteiger partial charge on any atom is 0.218 e. The summed E-state index contributed by atoms with van der Waals surface area (Å²) in [5.74, 6) is 0.292. The van der Waals surface area contributed by atoms with E-state index in [4.69, 9.17) is 10.5 Å². The fourth-order valence-corrected chi connectivity index (χ4v) is 1.93. The highest BCUT2D eigenvalue weighted by Gasteiger charge is 2.09. The summed E-state index contributed by atoms with van der Waals surface area (Å²) in [6.45, 7) is 6.11. The normalized spacial score (nSPS) is 10.7. The first-order valence-electron chi connectivity index (χ1n) is 6.87.